The topological polar surface area (TPSA) is 74.7 Å². The first-order valence-electron chi connectivity index (χ1n) is 5.40. The van der Waals surface area contributed by atoms with Crippen LogP contribution in [-0.2, 0) is 14.8 Å². The largest absolute Gasteiger partial charge is 0.481 e. The van der Waals surface area contributed by atoms with E-state index >= 15 is 0 Å². The fourth-order valence-electron chi connectivity index (χ4n) is 1.92. The van der Waals surface area contributed by atoms with Crippen molar-refractivity contribution >= 4 is 31.9 Å². The van der Waals surface area contributed by atoms with Gasteiger partial charge < -0.3 is 5.11 Å². The lowest BCUT2D eigenvalue weighted by atomic mass is 10.1. The van der Waals surface area contributed by atoms with Gasteiger partial charge in [0.1, 0.15) is 0 Å². The van der Waals surface area contributed by atoms with Crippen molar-refractivity contribution in [2.24, 2.45) is 5.92 Å². The highest BCUT2D eigenvalue weighted by Crippen LogP contribution is 2.25. The van der Waals surface area contributed by atoms with Gasteiger partial charge in [0.25, 0.3) is 0 Å². The Morgan fingerprint density at radius 3 is 2.72 bits per heavy atom. The van der Waals surface area contributed by atoms with E-state index in [1.807, 2.05) is 0 Å². The van der Waals surface area contributed by atoms with Crippen LogP contribution in [0.3, 0.4) is 0 Å². The van der Waals surface area contributed by atoms with Crippen LogP contribution in [0.1, 0.15) is 6.42 Å². The van der Waals surface area contributed by atoms with Crippen molar-refractivity contribution in [3.63, 3.8) is 0 Å². The maximum absolute atomic E-state index is 12.3. The summed E-state index contributed by atoms with van der Waals surface area (Å²) in [5, 5.41) is 8.88. The number of benzene rings is 1. The highest BCUT2D eigenvalue weighted by atomic mass is 79.9. The van der Waals surface area contributed by atoms with Gasteiger partial charge in [-0.2, -0.15) is 4.31 Å². The number of sulfonamides is 1. The standard InChI is InChI=1S/C11H12BrNO4S/c12-9-2-1-3-10(6-9)18(16,17)13-5-4-8(7-13)11(14)15/h1-3,6,8H,4-5,7H2,(H,14,15)/t8-/m1/s1. The molecule has 5 nitrogen and oxygen atoms in total. The van der Waals surface area contributed by atoms with E-state index in [4.69, 9.17) is 5.11 Å². The molecule has 1 aromatic rings. The summed E-state index contributed by atoms with van der Waals surface area (Å²) in [6.45, 7) is 0.302. The molecule has 18 heavy (non-hydrogen) atoms. The lowest BCUT2D eigenvalue weighted by molar-refractivity contribution is -0.141. The number of carboxylic acid groups (broad SMARTS) is 1. The summed E-state index contributed by atoms with van der Waals surface area (Å²) in [6.07, 6.45) is 0.364. The highest BCUT2D eigenvalue weighted by Gasteiger charge is 2.35. The van der Waals surface area contributed by atoms with Gasteiger partial charge in [0, 0.05) is 17.6 Å². The molecule has 7 heteroatoms. The maximum Gasteiger partial charge on any atom is 0.307 e. The minimum Gasteiger partial charge on any atom is -0.481 e. The van der Waals surface area contributed by atoms with E-state index in [1.54, 1.807) is 12.1 Å². The van der Waals surface area contributed by atoms with Crippen molar-refractivity contribution in [1.29, 1.82) is 0 Å². The number of hydrogen-bond acceptors (Lipinski definition) is 3. The third-order valence-corrected chi connectivity index (χ3v) is 5.29. The second-order valence-corrected chi connectivity index (χ2v) is 7.00. The van der Waals surface area contributed by atoms with E-state index < -0.39 is 21.9 Å². The summed E-state index contributed by atoms with van der Waals surface area (Å²) < 4.78 is 26.4. The molecule has 0 bridgehead atoms. The quantitative estimate of drug-likeness (QED) is 0.910. The zero-order chi connectivity index (χ0) is 13.3. The predicted molar refractivity (Wildman–Crippen MR) is 68.6 cm³/mol. The molecular formula is C11H12BrNO4S. The minimum atomic E-state index is -3.59. The summed E-state index contributed by atoms with van der Waals surface area (Å²) in [5.41, 5.74) is 0. The van der Waals surface area contributed by atoms with Crippen molar-refractivity contribution in [1.82, 2.24) is 4.31 Å². The molecular weight excluding hydrogens is 322 g/mol. The smallest absolute Gasteiger partial charge is 0.307 e. The zero-order valence-corrected chi connectivity index (χ0v) is 11.8. The number of carboxylic acids is 1. The Balaban J connectivity index is 2.25. The highest BCUT2D eigenvalue weighted by molar-refractivity contribution is 9.10. The Morgan fingerprint density at radius 2 is 2.17 bits per heavy atom. The van der Waals surface area contributed by atoms with E-state index in [2.05, 4.69) is 15.9 Å². The van der Waals surface area contributed by atoms with Gasteiger partial charge in [-0.3, -0.25) is 4.79 Å². The van der Waals surface area contributed by atoms with Crippen LogP contribution in [0.4, 0.5) is 0 Å². The van der Waals surface area contributed by atoms with Gasteiger partial charge in [-0.05, 0) is 24.6 Å². The Bertz CT molecular complexity index is 572. The molecule has 0 saturated carbocycles. The Hall–Kier alpha value is -0.920. The molecule has 1 fully saturated rings. The number of rotatable bonds is 3. The van der Waals surface area contributed by atoms with E-state index in [-0.39, 0.29) is 18.0 Å². The first-order chi connectivity index (χ1) is 8.41. The molecule has 0 unspecified atom stereocenters. The molecule has 0 amide bonds. The van der Waals surface area contributed by atoms with Crippen molar-refractivity contribution in [2.45, 2.75) is 11.3 Å². The summed E-state index contributed by atoms with van der Waals surface area (Å²) in [6, 6.07) is 6.41. The molecule has 0 aliphatic carbocycles. The van der Waals surface area contributed by atoms with Crippen LogP contribution in [0.15, 0.2) is 33.6 Å². The first kappa shape index (κ1) is 13.5. The molecule has 98 valence electrons. The third-order valence-electron chi connectivity index (χ3n) is 2.93. The van der Waals surface area contributed by atoms with Gasteiger partial charge in [0.2, 0.25) is 10.0 Å². The van der Waals surface area contributed by atoms with Gasteiger partial charge in [-0.25, -0.2) is 8.42 Å². The van der Waals surface area contributed by atoms with Crippen LogP contribution in [0, 0.1) is 5.92 Å². The van der Waals surface area contributed by atoms with Crippen LogP contribution < -0.4 is 0 Å². The van der Waals surface area contributed by atoms with E-state index in [0.717, 1.165) is 0 Å². The normalized spacial score (nSPS) is 21.1. The van der Waals surface area contributed by atoms with Gasteiger partial charge >= 0.3 is 5.97 Å². The van der Waals surface area contributed by atoms with Crippen molar-refractivity contribution in [2.75, 3.05) is 13.1 Å². The van der Waals surface area contributed by atoms with Crippen LogP contribution in [0.5, 0.6) is 0 Å². The van der Waals surface area contributed by atoms with Crippen molar-refractivity contribution in [3.8, 4) is 0 Å². The number of carbonyl (C=O) groups is 1. The first-order valence-corrected chi connectivity index (χ1v) is 7.63. The number of nitrogens with zero attached hydrogens (tertiary/aromatic N) is 1. The fourth-order valence-corrected chi connectivity index (χ4v) is 4.02. The molecule has 1 atom stereocenters. The fraction of sp³-hybridized carbons (Fsp3) is 0.364. The summed E-state index contributed by atoms with van der Waals surface area (Å²) in [5.74, 6) is -1.55. The van der Waals surface area contributed by atoms with Gasteiger partial charge in [-0.1, -0.05) is 22.0 Å². The summed E-state index contributed by atoms with van der Waals surface area (Å²) in [4.78, 5) is 11.0. The molecule has 1 N–H and O–H groups in total. The van der Waals surface area contributed by atoms with Gasteiger partial charge in [0.05, 0.1) is 10.8 Å². The molecule has 1 saturated heterocycles. The second-order valence-electron chi connectivity index (χ2n) is 4.14. The van der Waals surface area contributed by atoms with Crippen molar-refractivity contribution < 1.29 is 18.3 Å². The molecule has 1 aromatic carbocycles. The average molecular weight is 334 g/mol. The van der Waals surface area contributed by atoms with Gasteiger partial charge in [-0.15, -0.1) is 0 Å². The molecule has 2 rings (SSSR count). The van der Waals surface area contributed by atoms with E-state index in [1.165, 1.54) is 16.4 Å². The van der Waals surface area contributed by atoms with Gasteiger partial charge in [0.15, 0.2) is 0 Å². The lowest BCUT2D eigenvalue weighted by Crippen LogP contribution is -2.30. The number of aliphatic carboxylic acids is 1. The molecule has 0 spiro atoms. The number of hydrogen-bond donors (Lipinski definition) is 1. The predicted octanol–water partition coefficient (Wildman–Crippen LogP) is 1.54. The number of halogens is 1. The second kappa shape index (κ2) is 4.99. The minimum absolute atomic E-state index is 0.0458. The Labute approximate surface area is 114 Å². The molecule has 0 radical (unpaired) electrons. The van der Waals surface area contributed by atoms with Crippen LogP contribution in [0.25, 0.3) is 0 Å². The summed E-state index contributed by atoms with van der Waals surface area (Å²) >= 11 is 3.22. The molecule has 1 aliphatic heterocycles. The van der Waals surface area contributed by atoms with Crippen molar-refractivity contribution in [3.05, 3.63) is 28.7 Å². The SMILES string of the molecule is O=C(O)[C@@H]1CCN(S(=O)(=O)c2cccc(Br)c2)C1. The van der Waals surface area contributed by atoms with Crippen LogP contribution >= 0.6 is 15.9 Å². The Kier molecular flexibility index (Phi) is 3.74. The van der Waals surface area contributed by atoms with Crippen LogP contribution in [0.2, 0.25) is 0 Å². The maximum atomic E-state index is 12.3. The average Bonchev–Trinajstić information content (AvgIpc) is 2.79. The Morgan fingerprint density at radius 1 is 1.44 bits per heavy atom. The van der Waals surface area contributed by atoms with Crippen LogP contribution in [-0.4, -0.2) is 36.9 Å². The monoisotopic (exact) mass is 333 g/mol. The molecule has 1 aliphatic rings. The van der Waals surface area contributed by atoms with E-state index in [0.29, 0.717) is 10.9 Å². The third kappa shape index (κ3) is 2.57. The summed E-state index contributed by atoms with van der Waals surface area (Å²) in [7, 11) is -3.59. The molecule has 0 aromatic heterocycles. The van der Waals surface area contributed by atoms with E-state index in [9.17, 15) is 13.2 Å². The molecule has 1 heterocycles. The zero-order valence-electron chi connectivity index (χ0n) is 9.41. The lowest BCUT2D eigenvalue weighted by Gasteiger charge is -2.16.